The van der Waals surface area contributed by atoms with Crippen molar-refractivity contribution in [1.82, 2.24) is 19.4 Å². The zero-order chi connectivity index (χ0) is 18.3. The van der Waals surface area contributed by atoms with Crippen molar-refractivity contribution in [3.8, 4) is 0 Å². The van der Waals surface area contributed by atoms with Crippen LogP contribution in [0.25, 0.3) is 6.08 Å². The van der Waals surface area contributed by atoms with Gasteiger partial charge in [-0.1, -0.05) is 30.3 Å². The predicted molar refractivity (Wildman–Crippen MR) is 96.7 cm³/mol. The molecule has 0 aliphatic rings. The van der Waals surface area contributed by atoms with Crippen molar-refractivity contribution in [2.45, 2.75) is 13.0 Å². The Morgan fingerprint density at radius 2 is 2.04 bits per heavy atom. The summed E-state index contributed by atoms with van der Waals surface area (Å²) in [5, 5.41) is 5.15. The minimum Gasteiger partial charge on any atom is -0.341 e. The molecule has 2 rings (SSSR count). The number of aryl methyl sites for hydroxylation is 1. The number of nitrogens with one attached hydrogen (secondary N) is 1. The molecule has 134 valence electrons. The molecule has 0 radical (unpaired) electrons. The summed E-state index contributed by atoms with van der Waals surface area (Å²) < 4.78 is 27.9. The maximum atomic E-state index is 12.1. The molecule has 25 heavy (non-hydrogen) atoms. The van der Waals surface area contributed by atoms with Crippen molar-refractivity contribution in [1.29, 1.82) is 0 Å². The molecule has 1 N–H and O–H groups in total. The summed E-state index contributed by atoms with van der Waals surface area (Å²) in [4.78, 5) is 13.6. The number of aromatic nitrogens is 2. The Labute approximate surface area is 148 Å². The minimum absolute atomic E-state index is 0.0533. The molecule has 0 unspecified atom stereocenters. The predicted octanol–water partition coefficient (Wildman–Crippen LogP) is 1.36. The molecule has 1 amide bonds. The molecule has 0 aliphatic carbocycles. The van der Waals surface area contributed by atoms with Crippen LogP contribution in [0, 0.1) is 0 Å². The molecule has 0 fully saturated rings. The van der Waals surface area contributed by atoms with E-state index in [1.807, 2.05) is 43.6 Å². The highest BCUT2D eigenvalue weighted by Gasteiger charge is 2.12. The van der Waals surface area contributed by atoms with Crippen molar-refractivity contribution < 1.29 is 13.2 Å². The number of hydrogen-bond acceptors (Lipinski definition) is 4. The Kier molecular flexibility index (Phi) is 6.49. The van der Waals surface area contributed by atoms with Crippen molar-refractivity contribution >= 4 is 22.0 Å². The molecule has 0 saturated carbocycles. The van der Waals surface area contributed by atoms with E-state index in [1.165, 1.54) is 6.08 Å². The molecule has 2 aromatic rings. The summed E-state index contributed by atoms with van der Waals surface area (Å²) in [6, 6.07) is 9.14. The highest BCUT2D eigenvalue weighted by atomic mass is 32.2. The lowest BCUT2D eigenvalue weighted by Crippen LogP contribution is -2.31. The fourth-order valence-corrected chi connectivity index (χ4v) is 3.01. The normalized spacial score (nSPS) is 11.8. The molecule has 0 spiro atoms. The first-order valence-electron chi connectivity index (χ1n) is 7.80. The average Bonchev–Trinajstić information content (AvgIpc) is 2.98. The van der Waals surface area contributed by atoms with Crippen LogP contribution in [-0.2, 0) is 28.4 Å². The van der Waals surface area contributed by atoms with Gasteiger partial charge in [0, 0.05) is 50.8 Å². The first-order valence-corrected chi connectivity index (χ1v) is 9.34. The Morgan fingerprint density at radius 1 is 1.32 bits per heavy atom. The maximum Gasteiger partial charge on any atom is 0.233 e. The molecule has 0 atom stereocenters. The number of benzene rings is 1. The number of amides is 1. The Balaban J connectivity index is 1.78. The smallest absolute Gasteiger partial charge is 0.233 e. The summed E-state index contributed by atoms with van der Waals surface area (Å²) in [5.41, 5.74) is 1.71. The van der Waals surface area contributed by atoms with Crippen LogP contribution in [0.2, 0.25) is 0 Å². The lowest BCUT2D eigenvalue weighted by molar-refractivity contribution is -0.130. The lowest BCUT2D eigenvalue weighted by Gasteiger charge is -2.16. The number of carbonyl (C=O) groups excluding carboxylic acids is 1. The minimum atomic E-state index is -3.57. The summed E-state index contributed by atoms with van der Waals surface area (Å²) in [7, 11) is -0.0830. The van der Waals surface area contributed by atoms with Crippen molar-refractivity contribution in [2.75, 3.05) is 13.6 Å². The van der Waals surface area contributed by atoms with Crippen LogP contribution in [0.4, 0.5) is 0 Å². The van der Waals surface area contributed by atoms with Gasteiger partial charge in [0.15, 0.2) is 0 Å². The number of hydrogen-bond donors (Lipinski definition) is 1. The van der Waals surface area contributed by atoms with Gasteiger partial charge in [0.05, 0.1) is 6.20 Å². The van der Waals surface area contributed by atoms with Crippen LogP contribution in [0.15, 0.2) is 48.1 Å². The van der Waals surface area contributed by atoms with E-state index < -0.39 is 10.0 Å². The molecule has 1 heterocycles. The first kappa shape index (κ1) is 18.9. The molecule has 7 nitrogen and oxygen atoms in total. The molecule has 0 saturated heterocycles. The van der Waals surface area contributed by atoms with E-state index in [9.17, 15) is 13.2 Å². The van der Waals surface area contributed by atoms with Crippen LogP contribution >= 0.6 is 0 Å². The van der Waals surface area contributed by atoms with Gasteiger partial charge in [-0.05, 0) is 11.6 Å². The fourth-order valence-electron chi connectivity index (χ4n) is 2.19. The molecule has 0 aliphatic heterocycles. The van der Waals surface area contributed by atoms with E-state index in [1.54, 1.807) is 22.8 Å². The largest absolute Gasteiger partial charge is 0.341 e. The molecule has 8 heteroatoms. The number of carbonyl (C=O) groups is 1. The van der Waals surface area contributed by atoms with Gasteiger partial charge >= 0.3 is 0 Å². The molecule has 1 aromatic heterocycles. The van der Waals surface area contributed by atoms with Gasteiger partial charge in [-0.3, -0.25) is 9.48 Å². The second-order valence-electron chi connectivity index (χ2n) is 5.67. The standard InChI is InChI=1S/C17H22N4O3S/c1-20(13-16-12-18-21(2)14-16)17(22)8-10-19-25(23,24)11-9-15-6-4-3-5-7-15/h3-7,9,11-12,14,19H,8,10,13H2,1-2H3/b11-9+. The van der Waals surface area contributed by atoms with Crippen LogP contribution in [0.5, 0.6) is 0 Å². The van der Waals surface area contributed by atoms with E-state index in [0.29, 0.717) is 6.54 Å². The van der Waals surface area contributed by atoms with Gasteiger partial charge in [0.25, 0.3) is 0 Å². The third kappa shape index (κ3) is 6.52. The van der Waals surface area contributed by atoms with Gasteiger partial charge in [-0.2, -0.15) is 5.10 Å². The Hall–Kier alpha value is -2.45. The number of rotatable bonds is 8. The summed E-state index contributed by atoms with van der Waals surface area (Å²) in [6.07, 6.45) is 5.13. The van der Waals surface area contributed by atoms with E-state index in [-0.39, 0.29) is 18.9 Å². The third-order valence-electron chi connectivity index (χ3n) is 3.49. The third-order valence-corrected chi connectivity index (χ3v) is 4.59. The SMILES string of the molecule is CN(Cc1cnn(C)c1)C(=O)CCNS(=O)(=O)/C=C/c1ccccc1. The maximum absolute atomic E-state index is 12.1. The van der Waals surface area contributed by atoms with Crippen molar-refractivity contribution in [3.05, 3.63) is 59.3 Å². The molecule has 1 aromatic carbocycles. The van der Waals surface area contributed by atoms with Crippen molar-refractivity contribution in [2.24, 2.45) is 7.05 Å². The van der Waals surface area contributed by atoms with E-state index in [0.717, 1.165) is 16.5 Å². The van der Waals surface area contributed by atoms with Crippen LogP contribution in [0.1, 0.15) is 17.5 Å². The highest BCUT2D eigenvalue weighted by molar-refractivity contribution is 7.92. The second kappa shape index (κ2) is 8.59. The van der Waals surface area contributed by atoms with Crippen LogP contribution in [0.3, 0.4) is 0 Å². The number of sulfonamides is 1. The quantitative estimate of drug-likeness (QED) is 0.768. The van der Waals surface area contributed by atoms with E-state index in [4.69, 9.17) is 0 Å². The Bertz CT molecular complexity index is 829. The van der Waals surface area contributed by atoms with E-state index in [2.05, 4.69) is 9.82 Å². The van der Waals surface area contributed by atoms with Crippen LogP contribution in [-0.4, -0.2) is 42.6 Å². The first-order chi connectivity index (χ1) is 11.9. The van der Waals surface area contributed by atoms with Gasteiger partial charge in [0.2, 0.25) is 15.9 Å². The molecule has 0 bridgehead atoms. The summed E-state index contributed by atoms with van der Waals surface area (Å²) >= 11 is 0. The zero-order valence-electron chi connectivity index (χ0n) is 14.3. The fraction of sp³-hybridized carbons (Fsp3) is 0.294. The van der Waals surface area contributed by atoms with Gasteiger partial charge in [0.1, 0.15) is 0 Å². The summed E-state index contributed by atoms with van der Waals surface area (Å²) in [5.74, 6) is -0.140. The lowest BCUT2D eigenvalue weighted by atomic mass is 10.2. The monoisotopic (exact) mass is 362 g/mol. The van der Waals surface area contributed by atoms with Crippen molar-refractivity contribution in [3.63, 3.8) is 0 Å². The Morgan fingerprint density at radius 3 is 2.68 bits per heavy atom. The second-order valence-corrected chi connectivity index (χ2v) is 7.33. The molecular weight excluding hydrogens is 340 g/mol. The van der Waals surface area contributed by atoms with Gasteiger partial charge < -0.3 is 4.90 Å². The van der Waals surface area contributed by atoms with Gasteiger partial charge in [-0.15, -0.1) is 0 Å². The topological polar surface area (TPSA) is 84.3 Å². The average molecular weight is 362 g/mol. The number of nitrogens with zero attached hydrogens (tertiary/aromatic N) is 3. The van der Waals surface area contributed by atoms with Crippen LogP contribution < -0.4 is 4.72 Å². The summed E-state index contributed by atoms with van der Waals surface area (Å²) in [6.45, 7) is 0.491. The van der Waals surface area contributed by atoms with Gasteiger partial charge in [-0.25, -0.2) is 13.1 Å². The van der Waals surface area contributed by atoms with E-state index >= 15 is 0 Å². The highest BCUT2D eigenvalue weighted by Crippen LogP contribution is 2.04. The zero-order valence-corrected chi connectivity index (χ0v) is 15.1. The molecular formula is C17H22N4O3S.